The van der Waals surface area contributed by atoms with Crippen molar-refractivity contribution in [2.24, 2.45) is 0 Å². The van der Waals surface area contributed by atoms with Crippen LogP contribution in [0.4, 0.5) is 0 Å². The fourth-order valence-electron chi connectivity index (χ4n) is 2.63. The van der Waals surface area contributed by atoms with Crippen LogP contribution in [0.2, 0.25) is 0 Å². The van der Waals surface area contributed by atoms with Crippen LogP contribution in [-0.2, 0) is 4.74 Å². The van der Waals surface area contributed by atoms with Crippen molar-refractivity contribution in [3.05, 3.63) is 64.8 Å². The predicted molar refractivity (Wildman–Crippen MR) is 104 cm³/mol. The number of benzene rings is 2. The molecule has 0 radical (unpaired) electrons. The van der Waals surface area contributed by atoms with E-state index in [2.05, 4.69) is 26.2 Å². The van der Waals surface area contributed by atoms with E-state index >= 15 is 0 Å². The molecule has 6 heteroatoms. The second-order valence-corrected chi connectivity index (χ2v) is 6.83. The van der Waals surface area contributed by atoms with E-state index in [0.717, 1.165) is 10.0 Å². The summed E-state index contributed by atoms with van der Waals surface area (Å²) in [5.74, 6) is 0.863. The number of oxazole rings is 1. The quantitative estimate of drug-likeness (QED) is 0.642. The largest absolute Gasteiger partial charge is 0.436 e. The van der Waals surface area contributed by atoms with Crippen LogP contribution >= 0.6 is 15.9 Å². The zero-order chi connectivity index (χ0) is 18.5. The van der Waals surface area contributed by atoms with E-state index in [0.29, 0.717) is 29.4 Å². The van der Waals surface area contributed by atoms with Gasteiger partial charge in [-0.2, -0.15) is 0 Å². The molecule has 2 aromatic carbocycles. The van der Waals surface area contributed by atoms with Crippen LogP contribution in [0.1, 0.15) is 17.3 Å². The fraction of sp³-hybridized carbons (Fsp3) is 0.200. The Morgan fingerprint density at radius 3 is 2.85 bits per heavy atom. The number of rotatable bonds is 6. The number of hydrogen-bond donors (Lipinski definition) is 1. The van der Waals surface area contributed by atoms with Crippen molar-refractivity contribution in [2.75, 3.05) is 13.7 Å². The summed E-state index contributed by atoms with van der Waals surface area (Å²) >= 11 is 3.45. The Bertz CT molecular complexity index is 907. The third kappa shape index (κ3) is 4.20. The molecule has 3 aromatic rings. The molecule has 3 rings (SSSR count). The van der Waals surface area contributed by atoms with Crippen molar-refractivity contribution in [3.8, 4) is 22.8 Å². The van der Waals surface area contributed by atoms with Gasteiger partial charge in [0.2, 0.25) is 5.89 Å². The van der Waals surface area contributed by atoms with Crippen molar-refractivity contribution < 1.29 is 13.9 Å². The standard InChI is InChI=1S/C20H19BrN2O3/c1-13(12-25-2)23-19(24)16-8-3-4-9-17(16)20-22-11-18(26-20)14-6-5-7-15(21)10-14/h3-11,13H,12H2,1-2H3,(H,23,24)/t13-/m0/s1. The van der Waals surface area contributed by atoms with Gasteiger partial charge in [0, 0.05) is 28.8 Å². The maximum Gasteiger partial charge on any atom is 0.252 e. The number of nitrogens with zero attached hydrogens (tertiary/aromatic N) is 1. The number of hydrogen-bond acceptors (Lipinski definition) is 4. The van der Waals surface area contributed by atoms with E-state index in [1.807, 2.05) is 49.4 Å². The van der Waals surface area contributed by atoms with E-state index < -0.39 is 0 Å². The number of methoxy groups -OCH3 is 1. The molecule has 0 aliphatic heterocycles. The average Bonchev–Trinajstić information content (AvgIpc) is 3.12. The number of aromatic nitrogens is 1. The van der Waals surface area contributed by atoms with Crippen LogP contribution in [0.3, 0.4) is 0 Å². The average molecular weight is 415 g/mol. The molecule has 0 bridgehead atoms. The molecule has 1 N–H and O–H groups in total. The Balaban J connectivity index is 1.90. The molecule has 134 valence electrons. The molecular formula is C20H19BrN2O3. The number of amides is 1. The van der Waals surface area contributed by atoms with Gasteiger partial charge in [0.1, 0.15) is 0 Å². The maximum absolute atomic E-state index is 12.6. The molecule has 0 saturated heterocycles. The summed E-state index contributed by atoms with van der Waals surface area (Å²) in [5, 5.41) is 2.91. The maximum atomic E-state index is 12.6. The van der Waals surface area contributed by atoms with Crippen LogP contribution in [0.5, 0.6) is 0 Å². The first-order valence-electron chi connectivity index (χ1n) is 8.19. The third-order valence-corrected chi connectivity index (χ3v) is 4.30. The molecule has 0 unspecified atom stereocenters. The zero-order valence-electron chi connectivity index (χ0n) is 14.5. The van der Waals surface area contributed by atoms with Gasteiger partial charge >= 0.3 is 0 Å². The summed E-state index contributed by atoms with van der Waals surface area (Å²) in [7, 11) is 1.60. The Hall–Kier alpha value is -2.44. The lowest BCUT2D eigenvalue weighted by molar-refractivity contribution is 0.0906. The van der Waals surface area contributed by atoms with Crippen LogP contribution in [-0.4, -0.2) is 30.6 Å². The summed E-state index contributed by atoms with van der Waals surface area (Å²) in [6.07, 6.45) is 1.67. The lowest BCUT2D eigenvalue weighted by atomic mass is 10.1. The highest BCUT2D eigenvalue weighted by Crippen LogP contribution is 2.29. The SMILES string of the molecule is COC[C@H](C)NC(=O)c1ccccc1-c1ncc(-c2cccc(Br)c2)o1. The third-order valence-electron chi connectivity index (χ3n) is 3.81. The lowest BCUT2D eigenvalue weighted by Gasteiger charge is -2.14. The summed E-state index contributed by atoms with van der Waals surface area (Å²) in [5.41, 5.74) is 2.07. The van der Waals surface area contributed by atoms with E-state index in [1.54, 1.807) is 19.4 Å². The molecule has 0 spiro atoms. The molecular weight excluding hydrogens is 396 g/mol. The Labute approximate surface area is 160 Å². The van der Waals surface area contributed by atoms with Gasteiger partial charge in [0.25, 0.3) is 5.91 Å². The Morgan fingerprint density at radius 1 is 1.27 bits per heavy atom. The molecule has 0 fully saturated rings. The number of halogens is 1. The molecule has 1 heterocycles. The summed E-state index contributed by atoms with van der Waals surface area (Å²) in [6.45, 7) is 2.33. The first-order chi connectivity index (χ1) is 12.6. The second kappa shape index (κ2) is 8.29. The van der Waals surface area contributed by atoms with Crippen LogP contribution in [0, 0.1) is 0 Å². The van der Waals surface area contributed by atoms with Gasteiger partial charge in [-0.05, 0) is 31.2 Å². The predicted octanol–water partition coefficient (Wildman–Crippen LogP) is 4.54. The highest BCUT2D eigenvalue weighted by atomic mass is 79.9. The highest BCUT2D eigenvalue weighted by molar-refractivity contribution is 9.10. The van der Waals surface area contributed by atoms with Gasteiger partial charge in [-0.3, -0.25) is 4.79 Å². The minimum absolute atomic E-state index is 0.0950. The minimum atomic E-state index is -0.188. The number of nitrogens with one attached hydrogen (secondary N) is 1. The highest BCUT2D eigenvalue weighted by Gasteiger charge is 2.18. The van der Waals surface area contributed by atoms with Gasteiger partial charge in [-0.1, -0.05) is 40.2 Å². The number of carbonyl (C=O) groups is 1. The normalized spacial score (nSPS) is 12.0. The summed E-state index contributed by atoms with van der Waals surface area (Å²) in [4.78, 5) is 17.0. The first-order valence-corrected chi connectivity index (χ1v) is 8.98. The molecule has 1 amide bonds. The van der Waals surface area contributed by atoms with E-state index in [4.69, 9.17) is 9.15 Å². The van der Waals surface area contributed by atoms with Crippen LogP contribution < -0.4 is 5.32 Å². The van der Waals surface area contributed by atoms with Crippen LogP contribution in [0.15, 0.2) is 63.6 Å². The Morgan fingerprint density at radius 2 is 2.08 bits per heavy atom. The van der Waals surface area contributed by atoms with Gasteiger partial charge in [0.05, 0.1) is 18.4 Å². The van der Waals surface area contributed by atoms with E-state index in [1.165, 1.54) is 0 Å². The van der Waals surface area contributed by atoms with Gasteiger partial charge < -0.3 is 14.5 Å². The van der Waals surface area contributed by atoms with Crippen molar-refractivity contribution in [3.63, 3.8) is 0 Å². The smallest absolute Gasteiger partial charge is 0.252 e. The van der Waals surface area contributed by atoms with E-state index in [-0.39, 0.29) is 11.9 Å². The number of carbonyl (C=O) groups excluding carboxylic acids is 1. The molecule has 0 aliphatic rings. The van der Waals surface area contributed by atoms with Gasteiger partial charge in [0.15, 0.2) is 5.76 Å². The molecule has 1 atom stereocenters. The minimum Gasteiger partial charge on any atom is -0.436 e. The monoisotopic (exact) mass is 414 g/mol. The molecule has 5 nitrogen and oxygen atoms in total. The lowest BCUT2D eigenvalue weighted by Crippen LogP contribution is -2.35. The molecule has 0 saturated carbocycles. The topological polar surface area (TPSA) is 64.4 Å². The number of ether oxygens (including phenoxy) is 1. The van der Waals surface area contributed by atoms with Gasteiger partial charge in [-0.25, -0.2) is 4.98 Å². The van der Waals surface area contributed by atoms with Crippen molar-refractivity contribution in [2.45, 2.75) is 13.0 Å². The van der Waals surface area contributed by atoms with E-state index in [9.17, 15) is 4.79 Å². The van der Waals surface area contributed by atoms with Crippen molar-refractivity contribution in [1.29, 1.82) is 0 Å². The Kier molecular flexibility index (Phi) is 5.85. The second-order valence-electron chi connectivity index (χ2n) is 5.92. The first kappa shape index (κ1) is 18.4. The molecule has 1 aromatic heterocycles. The zero-order valence-corrected chi connectivity index (χ0v) is 16.1. The van der Waals surface area contributed by atoms with Crippen LogP contribution in [0.25, 0.3) is 22.8 Å². The molecule has 0 aliphatic carbocycles. The van der Waals surface area contributed by atoms with Crippen molar-refractivity contribution in [1.82, 2.24) is 10.3 Å². The molecule has 26 heavy (non-hydrogen) atoms. The summed E-state index contributed by atoms with van der Waals surface area (Å²) < 4.78 is 11.9. The van der Waals surface area contributed by atoms with Gasteiger partial charge in [-0.15, -0.1) is 0 Å². The fourth-order valence-corrected chi connectivity index (χ4v) is 3.03. The van der Waals surface area contributed by atoms with Crippen molar-refractivity contribution >= 4 is 21.8 Å². The summed E-state index contributed by atoms with van der Waals surface area (Å²) in [6, 6.07) is 14.9.